The van der Waals surface area contributed by atoms with E-state index in [0.29, 0.717) is 0 Å². The van der Waals surface area contributed by atoms with Crippen LogP contribution in [0.25, 0.3) is 0 Å². The maximum atomic E-state index is 12.5. The highest BCUT2D eigenvalue weighted by Crippen LogP contribution is 2.35. The lowest BCUT2D eigenvalue weighted by molar-refractivity contribution is -0.186. The average molecular weight is 411 g/mol. The van der Waals surface area contributed by atoms with Crippen LogP contribution in [-0.4, -0.2) is 47.1 Å². The normalized spacial score (nSPS) is 15.2. The Morgan fingerprint density at radius 3 is 2.24 bits per heavy atom. The third-order valence-electron chi connectivity index (χ3n) is 2.91. The van der Waals surface area contributed by atoms with Crippen LogP contribution in [0.1, 0.15) is 11.3 Å². The van der Waals surface area contributed by atoms with E-state index in [0.717, 1.165) is 11.8 Å². The Morgan fingerprint density at radius 1 is 1.16 bits per heavy atom. The Kier molecular flexibility index (Phi) is 4.84. The summed E-state index contributed by atoms with van der Waals surface area (Å²) >= 11 is 0.794. The monoisotopic (exact) mass is 411 g/mol. The molecular weight excluding hydrogens is 404 g/mol. The molecule has 1 aromatic heterocycles. The summed E-state index contributed by atoms with van der Waals surface area (Å²) in [6.45, 7) is -1.52. The number of fused-ring (bicyclic) bond motifs is 1. The molecule has 2 rings (SSSR count). The second kappa shape index (κ2) is 6.19. The van der Waals surface area contributed by atoms with Crippen molar-refractivity contribution >= 4 is 27.8 Å². The molecule has 7 nitrogen and oxygen atoms in total. The van der Waals surface area contributed by atoms with Gasteiger partial charge < -0.3 is 9.08 Å². The average Bonchev–Trinajstić information content (AvgIpc) is 2.87. The van der Waals surface area contributed by atoms with Crippen LogP contribution in [-0.2, 0) is 28.0 Å². The van der Waals surface area contributed by atoms with Gasteiger partial charge in [0.15, 0.2) is 5.16 Å². The Labute approximate surface area is 140 Å². The largest absolute Gasteiger partial charge is 0.534 e. The first kappa shape index (κ1) is 19.6. The summed E-state index contributed by atoms with van der Waals surface area (Å²) in [6, 6.07) is 0. The van der Waals surface area contributed by atoms with Crippen LogP contribution in [0.15, 0.2) is 5.16 Å². The van der Waals surface area contributed by atoms with E-state index in [-0.39, 0.29) is 15.8 Å². The third-order valence-corrected chi connectivity index (χ3v) is 4.40. The smallest absolute Gasteiger partial charge is 0.355 e. The second-order valence-corrected chi connectivity index (χ2v) is 6.89. The standard InChI is InChI=1S/C10H7F6N3O4S2/c1-24-8-17-5-3-19(7(20)9(11,12)13)2-4(5)6(18-8)23-25(21,22)10(14,15)16/h2-3H2,1H3. The summed E-state index contributed by atoms with van der Waals surface area (Å²) in [7, 11) is -6.09. The molecule has 0 aromatic carbocycles. The fourth-order valence-corrected chi connectivity index (χ4v) is 2.65. The van der Waals surface area contributed by atoms with Crippen LogP contribution in [0, 0.1) is 0 Å². The zero-order valence-electron chi connectivity index (χ0n) is 12.0. The predicted octanol–water partition coefficient (Wildman–Crippen LogP) is 1.83. The van der Waals surface area contributed by atoms with Gasteiger partial charge in [-0.15, -0.1) is 0 Å². The van der Waals surface area contributed by atoms with Gasteiger partial charge in [0.25, 0.3) is 0 Å². The van der Waals surface area contributed by atoms with Gasteiger partial charge in [0, 0.05) is 0 Å². The quantitative estimate of drug-likeness (QED) is 0.247. The van der Waals surface area contributed by atoms with Crippen LogP contribution in [0.2, 0.25) is 0 Å². The molecule has 0 N–H and O–H groups in total. The number of aromatic nitrogens is 2. The van der Waals surface area contributed by atoms with E-state index in [4.69, 9.17) is 0 Å². The summed E-state index contributed by atoms with van der Waals surface area (Å²) in [4.78, 5) is 18.7. The van der Waals surface area contributed by atoms with Gasteiger partial charge >= 0.3 is 27.7 Å². The molecule has 1 aromatic rings. The van der Waals surface area contributed by atoms with Crippen LogP contribution in [0.3, 0.4) is 0 Å². The van der Waals surface area contributed by atoms with E-state index in [1.54, 1.807) is 0 Å². The first-order valence-corrected chi connectivity index (χ1v) is 8.70. The predicted molar refractivity (Wildman–Crippen MR) is 69.7 cm³/mol. The lowest BCUT2D eigenvalue weighted by Crippen LogP contribution is -2.37. The Morgan fingerprint density at radius 2 is 1.76 bits per heavy atom. The van der Waals surface area contributed by atoms with Crippen molar-refractivity contribution in [1.29, 1.82) is 0 Å². The highest BCUT2D eigenvalue weighted by Gasteiger charge is 2.50. The van der Waals surface area contributed by atoms with Gasteiger partial charge in [-0.05, 0) is 6.26 Å². The van der Waals surface area contributed by atoms with Gasteiger partial charge in [-0.1, -0.05) is 11.8 Å². The molecule has 25 heavy (non-hydrogen) atoms. The van der Waals surface area contributed by atoms with E-state index in [1.165, 1.54) is 6.26 Å². The molecule has 140 valence electrons. The number of nitrogens with zero attached hydrogens (tertiary/aromatic N) is 3. The summed E-state index contributed by atoms with van der Waals surface area (Å²) < 4.78 is 101. The molecule has 0 aliphatic carbocycles. The van der Waals surface area contributed by atoms with Gasteiger partial charge in [0.2, 0.25) is 5.88 Å². The number of rotatable bonds is 3. The maximum absolute atomic E-state index is 12.5. The van der Waals surface area contributed by atoms with Crippen LogP contribution in [0.4, 0.5) is 26.3 Å². The van der Waals surface area contributed by atoms with Gasteiger partial charge in [0.1, 0.15) is 0 Å². The molecule has 1 aliphatic heterocycles. The van der Waals surface area contributed by atoms with E-state index in [1.807, 2.05) is 0 Å². The fourth-order valence-electron chi connectivity index (χ4n) is 1.84. The summed E-state index contributed by atoms with van der Waals surface area (Å²) in [5.74, 6) is -3.31. The molecular formula is C10H7F6N3O4S2. The van der Waals surface area contributed by atoms with E-state index >= 15 is 0 Å². The zero-order chi connectivity index (χ0) is 19.2. The molecule has 1 amide bonds. The topological polar surface area (TPSA) is 89.5 Å². The molecule has 0 bridgehead atoms. The van der Waals surface area contributed by atoms with E-state index in [2.05, 4.69) is 14.2 Å². The number of hydrogen-bond acceptors (Lipinski definition) is 7. The lowest BCUT2D eigenvalue weighted by atomic mass is 10.3. The van der Waals surface area contributed by atoms with Crippen molar-refractivity contribution in [2.75, 3.05) is 6.26 Å². The Hall–Kier alpha value is -1.77. The third kappa shape index (κ3) is 3.91. The van der Waals surface area contributed by atoms with Crippen molar-refractivity contribution in [3.8, 4) is 5.88 Å². The maximum Gasteiger partial charge on any atom is 0.534 e. The van der Waals surface area contributed by atoms with Gasteiger partial charge in [-0.3, -0.25) is 4.79 Å². The molecule has 15 heteroatoms. The minimum absolute atomic E-state index is 0.229. The van der Waals surface area contributed by atoms with Gasteiger partial charge in [-0.2, -0.15) is 39.7 Å². The molecule has 2 heterocycles. The summed E-state index contributed by atoms with van der Waals surface area (Å²) in [5, 5.41) is -0.229. The van der Waals surface area contributed by atoms with Gasteiger partial charge in [-0.25, -0.2) is 4.98 Å². The molecule has 0 saturated heterocycles. The molecule has 0 fully saturated rings. The fraction of sp³-hybridized carbons (Fsp3) is 0.500. The molecule has 0 unspecified atom stereocenters. The minimum atomic E-state index is -6.09. The van der Waals surface area contributed by atoms with Crippen LogP contribution >= 0.6 is 11.8 Å². The zero-order valence-corrected chi connectivity index (χ0v) is 13.6. The van der Waals surface area contributed by atoms with Crippen LogP contribution < -0.4 is 4.18 Å². The highest BCUT2D eigenvalue weighted by molar-refractivity contribution is 7.98. The van der Waals surface area contributed by atoms with Crippen molar-refractivity contribution in [3.05, 3.63) is 11.3 Å². The van der Waals surface area contributed by atoms with Crippen molar-refractivity contribution in [2.24, 2.45) is 0 Å². The molecule has 0 radical (unpaired) electrons. The number of halogens is 6. The van der Waals surface area contributed by atoms with Gasteiger partial charge in [0.05, 0.1) is 24.3 Å². The van der Waals surface area contributed by atoms with Crippen molar-refractivity contribution < 1.29 is 43.7 Å². The number of amides is 1. The molecule has 1 aliphatic rings. The number of carbonyl (C=O) groups excluding carboxylic acids is 1. The molecule has 0 atom stereocenters. The Balaban J connectivity index is 2.43. The second-order valence-electron chi connectivity index (χ2n) is 4.58. The van der Waals surface area contributed by atoms with Crippen molar-refractivity contribution in [1.82, 2.24) is 14.9 Å². The SMILES string of the molecule is CSc1nc2c(c(OS(=O)(=O)C(F)(F)F)n1)CN(C(=O)C(F)(F)F)C2. The number of alkyl halides is 6. The summed E-state index contributed by atoms with van der Waals surface area (Å²) in [6.07, 6.45) is -3.81. The minimum Gasteiger partial charge on any atom is -0.355 e. The number of hydrogen-bond donors (Lipinski definition) is 0. The van der Waals surface area contributed by atoms with Crippen molar-refractivity contribution in [2.45, 2.75) is 29.9 Å². The van der Waals surface area contributed by atoms with E-state index in [9.17, 15) is 39.6 Å². The first-order valence-electron chi connectivity index (χ1n) is 6.07. The van der Waals surface area contributed by atoms with Crippen molar-refractivity contribution in [3.63, 3.8) is 0 Å². The summed E-state index contributed by atoms with van der Waals surface area (Å²) in [5.41, 5.74) is -6.43. The Bertz CT molecular complexity index is 808. The first-order chi connectivity index (χ1) is 11.3. The van der Waals surface area contributed by atoms with E-state index < -0.39 is 52.2 Å². The molecule has 0 spiro atoms. The number of thioether (sulfide) groups is 1. The van der Waals surface area contributed by atoms with Crippen LogP contribution in [0.5, 0.6) is 5.88 Å². The lowest BCUT2D eigenvalue weighted by Gasteiger charge is -2.16. The highest BCUT2D eigenvalue weighted by atomic mass is 32.2. The number of carbonyl (C=O) groups is 1. The molecule has 0 saturated carbocycles.